The third-order valence-electron chi connectivity index (χ3n) is 4.46. The Labute approximate surface area is 129 Å². The number of benzene rings is 2. The Morgan fingerprint density at radius 3 is 2.50 bits per heavy atom. The zero-order valence-corrected chi connectivity index (χ0v) is 12.4. The first kappa shape index (κ1) is 15.1. The summed E-state index contributed by atoms with van der Waals surface area (Å²) in [5.41, 5.74) is 7.73. The Balaban J connectivity index is 1.74. The minimum Gasteiger partial charge on any atom is -0.330 e. The van der Waals surface area contributed by atoms with E-state index in [1.165, 1.54) is 17.7 Å². The van der Waals surface area contributed by atoms with Gasteiger partial charge in [0.25, 0.3) is 0 Å². The van der Waals surface area contributed by atoms with Crippen molar-refractivity contribution in [3.05, 3.63) is 71.3 Å². The van der Waals surface area contributed by atoms with Gasteiger partial charge in [0, 0.05) is 37.2 Å². The highest BCUT2D eigenvalue weighted by Gasteiger charge is 2.32. The monoisotopic (exact) mass is 302 g/mol. The molecule has 22 heavy (non-hydrogen) atoms. The molecule has 0 spiro atoms. The van der Waals surface area contributed by atoms with Gasteiger partial charge in [0.2, 0.25) is 0 Å². The van der Waals surface area contributed by atoms with Gasteiger partial charge in [0.05, 0.1) is 0 Å². The molecular formula is C18H20F2N2. The summed E-state index contributed by atoms with van der Waals surface area (Å²) in [5, 5.41) is 0. The van der Waals surface area contributed by atoms with E-state index in [2.05, 4.69) is 17.0 Å². The smallest absolute Gasteiger partial charge is 0.130 e. The fourth-order valence-electron chi connectivity index (χ4n) is 3.30. The Morgan fingerprint density at radius 2 is 1.82 bits per heavy atom. The van der Waals surface area contributed by atoms with E-state index >= 15 is 0 Å². The SMILES string of the molecule is NC[C@@H]1CN(Cc2ccc(F)cc2F)C[C@H]1c1ccccc1. The summed E-state index contributed by atoms with van der Waals surface area (Å²) in [5.74, 6) is -0.280. The molecule has 2 aromatic carbocycles. The first-order chi connectivity index (χ1) is 10.7. The summed E-state index contributed by atoms with van der Waals surface area (Å²) in [6.45, 7) is 2.80. The van der Waals surface area contributed by atoms with E-state index in [0.717, 1.165) is 19.2 Å². The minimum atomic E-state index is -0.537. The van der Waals surface area contributed by atoms with Crippen LogP contribution in [0.5, 0.6) is 0 Å². The highest BCUT2D eigenvalue weighted by atomic mass is 19.1. The van der Waals surface area contributed by atoms with Crippen molar-refractivity contribution >= 4 is 0 Å². The van der Waals surface area contributed by atoms with Gasteiger partial charge in [-0.15, -0.1) is 0 Å². The third kappa shape index (κ3) is 3.18. The molecule has 0 bridgehead atoms. The van der Waals surface area contributed by atoms with Crippen molar-refractivity contribution in [1.29, 1.82) is 0 Å². The summed E-state index contributed by atoms with van der Waals surface area (Å²) in [4.78, 5) is 2.20. The molecule has 1 heterocycles. The predicted octanol–water partition coefficient (Wildman–Crippen LogP) is 3.14. The van der Waals surface area contributed by atoms with Crippen LogP contribution >= 0.6 is 0 Å². The van der Waals surface area contributed by atoms with Crippen molar-refractivity contribution in [2.45, 2.75) is 12.5 Å². The Hall–Kier alpha value is -1.78. The van der Waals surface area contributed by atoms with Crippen molar-refractivity contribution in [1.82, 2.24) is 4.90 Å². The summed E-state index contributed by atoms with van der Waals surface area (Å²) in [6.07, 6.45) is 0. The standard InChI is InChI=1S/C18H20F2N2/c19-16-7-6-14(18(20)8-16)10-22-11-15(9-21)17(12-22)13-4-2-1-3-5-13/h1-8,15,17H,9-12,21H2/t15-,17+/m1/s1. The van der Waals surface area contributed by atoms with E-state index in [9.17, 15) is 8.78 Å². The molecule has 0 aliphatic carbocycles. The molecule has 3 rings (SSSR count). The van der Waals surface area contributed by atoms with Crippen LogP contribution in [0.3, 0.4) is 0 Å². The van der Waals surface area contributed by atoms with Gasteiger partial charge in [-0.2, -0.15) is 0 Å². The van der Waals surface area contributed by atoms with Crippen LogP contribution in [0.15, 0.2) is 48.5 Å². The molecule has 2 atom stereocenters. The van der Waals surface area contributed by atoms with Crippen LogP contribution in [0.1, 0.15) is 17.0 Å². The summed E-state index contributed by atoms with van der Waals surface area (Å²) in [6, 6.07) is 14.1. The topological polar surface area (TPSA) is 29.3 Å². The molecule has 2 N–H and O–H groups in total. The molecule has 2 nitrogen and oxygen atoms in total. The number of hydrogen-bond acceptors (Lipinski definition) is 2. The number of likely N-dealkylation sites (tertiary alicyclic amines) is 1. The van der Waals surface area contributed by atoms with E-state index in [4.69, 9.17) is 5.73 Å². The maximum absolute atomic E-state index is 13.8. The van der Waals surface area contributed by atoms with E-state index in [-0.39, 0.29) is 0 Å². The van der Waals surface area contributed by atoms with Crippen LogP contribution in [-0.2, 0) is 6.54 Å². The normalized spacial score (nSPS) is 22.1. The summed E-state index contributed by atoms with van der Waals surface area (Å²) < 4.78 is 26.8. The Bertz CT molecular complexity index is 630. The summed E-state index contributed by atoms with van der Waals surface area (Å²) in [7, 11) is 0. The van der Waals surface area contributed by atoms with Gasteiger partial charge in [0.15, 0.2) is 0 Å². The van der Waals surface area contributed by atoms with E-state index in [0.29, 0.717) is 30.5 Å². The van der Waals surface area contributed by atoms with E-state index in [1.54, 1.807) is 0 Å². The van der Waals surface area contributed by atoms with Gasteiger partial charge in [-0.3, -0.25) is 4.90 Å². The van der Waals surface area contributed by atoms with Crippen LogP contribution in [0, 0.1) is 17.6 Å². The minimum absolute atomic E-state index is 0.367. The number of hydrogen-bond donors (Lipinski definition) is 1. The van der Waals surface area contributed by atoms with Crippen molar-refractivity contribution in [3.63, 3.8) is 0 Å². The second-order valence-electron chi connectivity index (χ2n) is 5.94. The number of halogens is 2. The zero-order chi connectivity index (χ0) is 15.5. The van der Waals surface area contributed by atoms with Crippen molar-refractivity contribution in [2.24, 2.45) is 11.7 Å². The second-order valence-corrected chi connectivity index (χ2v) is 5.94. The molecular weight excluding hydrogens is 282 g/mol. The Morgan fingerprint density at radius 1 is 1.05 bits per heavy atom. The van der Waals surface area contributed by atoms with Gasteiger partial charge in [-0.05, 0) is 24.1 Å². The van der Waals surface area contributed by atoms with Crippen molar-refractivity contribution in [3.8, 4) is 0 Å². The second kappa shape index (κ2) is 6.55. The van der Waals surface area contributed by atoms with Crippen LogP contribution in [0.25, 0.3) is 0 Å². The molecule has 0 radical (unpaired) electrons. The van der Waals surface area contributed by atoms with Gasteiger partial charge >= 0.3 is 0 Å². The maximum Gasteiger partial charge on any atom is 0.130 e. The molecule has 1 fully saturated rings. The number of rotatable bonds is 4. The maximum atomic E-state index is 13.8. The quantitative estimate of drug-likeness (QED) is 0.940. The number of nitrogens with two attached hydrogens (primary N) is 1. The lowest BCUT2D eigenvalue weighted by atomic mass is 9.89. The largest absolute Gasteiger partial charge is 0.330 e. The lowest BCUT2D eigenvalue weighted by molar-refractivity contribution is 0.311. The van der Waals surface area contributed by atoms with Crippen LogP contribution in [0.4, 0.5) is 8.78 Å². The third-order valence-corrected chi connectivity index (χ3v) is 4.46. The Kier molecular flexibility index (Phi) is 4.50. The van der Waals surface area contributed by atoms with Crippen molar-refractivity contribution < 1.29 is 8.78 Å². The average molecular weight is 302 g/mol. The van der Waals surface area contributed by atoms with E-state index in [1.807, 2.05) is 18.2 Å². The van der Waals surface area contributed by atoms with Gasteiger partial charge in [-0.1, -0.05) is 36.4 Å². The molecule has 1 aliphatic rings. The lowest BCUT2D eigenvalue weighted by Crippen LogP contribution is -2.23. The fraction of sp³-hybridized carbons (Fsp3) is 0.333. The molecule has 0 unspecified atom stereocenters. The lowest BCUT2D eigenvalue weighted by Gasteiger charge is -2.17. The highest BCUT2D eigenvalue weighted by molar-refractivity contribution is 5.23. The van der Waals surface area contributed by atoms with Crippen LogP contribution in [-0.4, -0.2) is 24.5 Å². The molecule has 2 aromatic rings. The fourth-order valence-corrected chi connectivity index (χ4v) is 3.30. The van der Waals surface area contributed by atoms with Crippen LogP contribution < -0.4 is 5.73 Å². The number of nitrogens with zero attached hydrogens (tertiary/aromatic N) is 1. The van der Waals surface area contributed by atoms with Gasteiger partial charge in [-0.25, -0.2) is 8.78 Å². The molecule has 1 saturated heterocycles. The highest BCUT2D eigenvalue weighted by Crippen LogP contribution is 2.33. The molecule has 1 aliphatic heterocycles. The molecule has 0 saturated carbocycles. The molecule has 116 valence electrons. The summed E-state index contributed by atoms with van der Waals surface area (Å²) >= 11 is 0. The average Bonchev–Trinajstić information content (AvgIpc) is 2.94. The zero-order valence-electron chi connectivity index (χ0n) is 12.4. The molecule has 0 amide bonds. The molecule has 0 aromatic heterocycles. The first-order valence-electron chi connectivity index (χ1n) is 7.58. The molecule has 4 heteroatoms. The van der Waals surface area contributed by atoms with E-state index < -0.39 is 11.6 Å². The van der Waals surface area contributed by atoms with Gasteiger partial charge in [0.1, 0.15) is 11.6 Å². The van der Waals surface area contributed by atoms with Crippen molar-refractivity contribution in [2.75, 3.05) is 19.6 Å². The predicted molar refractivity (Wildman–Crippen MR) is 83.4 cm³/mol. The first-order valence-corrected chi connectivity index (χ1v) is 7.58. The van der Waals surface area contributed by atoms with Crippen LogP contribution in [0.2, 0.25) is 0 Å². The van der Waals surface area contributed by atoms with Gasteiger partial charge < -0.3 is 5.73 Å².